The Labute approximate surface area is 121 Å². The number of ether oxygens (including phenoxy) is 1. The van der Waals surface area contributed by atoms with Crippen molar-refractivity contribution in [2.75, 3.05) is 5.73 Å². The van der Waals surface area contributed by atoms with E-state index in [9.17, 15) is 13.2 Å². The van der Waals surface area contributed by atoms with E-state index in [-0.39, 0.29) is 11.7 Å². The lowest BCUT2D eigenvalue weighted by molar-refractivity contribution is -0.274. The summed E-state index contributed by atoms with van der Waals surface area (Å²) in [5.41, 5.74) is 8.08. The third-order valence-corrected chi connectivity index (χ3v) is 3.09. The molecule has 0 fully saturated rings. The maximum atomic E-state index is 12.5. The van der Waals surface area contributed by atoms with E-state index in [4.69, 9.17) is 5.73 Å². The Bertz CT molecular complexity index is 636. The number of hydrogen-bond donors (Lipinski definition) is 1. The zero-order chi connectivity index (χ0) is 15.6. The highest BCUT2D eigenvalue weighted by Gasteiger charge is 2.32. The quantitative estimate of drug-likeness (QED) is 0.812. The van der Waals surface area contributed by atoms with Crippen LogP contribution in [0.25, 0.3) is 11.1 Å². The lowest BCUT2D eigenvalue weighted by Crippen LogP contribution is -2.17. The Morgan fingerprint density at radius 2 is 1.76 bits per heavy atom. The van der Waals surface area contributed by atoms with Gasteiger partial charge in [-0.2, -0.15) is 0 Å². The molecule has 0 heterocycles. The molecule has 0 aliphatic heterocycles. The molecule has 0 saturated heterocycles. The molecular weight excluding hydrogens is 279 g/mol. The van der Waals surface area contributed by atoms with E-state index in [1.165, 1.54) is 18.2 Å². The summed E-state index contributed by atoms with van der Waals surface area (Å²) in [6, 6.07) is 11.4. The van der Waals surface area contributed by atoms with Gasteiger partial charge in [0.1, 0.15) is 5.75 Å². The number of rotatable bonds is 3. The van der Waals surface area contributed by atoms with Crippen LogP contribution in [0.3, 0.4) is 0 Å². The molecule has 0 radical (unpaired) electrons. The highest BCUT2D eigenvalue weighted by Crippen LogP contribution is 2.36. The molecule has 0 unspecified atom stereocenters. The first kappa shape index (κ1) is 15.2. The van der Waals surface area contributed by atoms with Gasteiger partial charge in [-0.15, -0.1) is 13.2 Å². The van der Waals surface area contributed by atoms with Crippen molar-refractivity contribution in [2.24, 2.45) is 0 Å². The van der Waals surface area contributed by atoms with Crippen molar-refractivity contribution in [3.05, 3.63) is 48.0 Å². The average molecular weight is 295 g/mol. The standard InChI is InChI=1S/C16H16F3NO/c1-10(2)11-4-3-5-12(8-11)14-9-13(20)6-7-15(14)21-16(17,18)19/h3-10H,20H2,1-2H3. The predicted molar refractivity (Wildman–Crippen MR) is 77.1 cm³/mol. The normalized spacial score (nSPS) is 11.7. The molecule has 0 saturated carbocycles. The summed E-state index contributed by atoms with van der Waals surface area (Å²) in [7, 11) is 0. The molecule has 2 nitrogen and oxygen atoms in total. The SMILES string of the molecule is CC(C)c1cccc(-c2cc(N)ccc2OC(F)(F)F)c1. The van der Waals surface area contributed by atoms with Crippen LogP contribution in [0.4, 0.5) is 18.9 Å². The second kappa shape index (κ2) is 5.68. The molecule has 0 aliphatic rings. The average Bonchev–Trinajstić information content (AvgIpc) is 2.39. The minimum atomic E-state index is -4.74. The summed E-state index contributed by atoms with van der Waals surface area (Å²) >= 11 is 0. The lowest BCUT2D eigenvalue weighted by atomic mass is 9.97. The van der Waals surface area contributed by atoms with E-state index in [1.54, 1.807) is 6.07 Å². The number of hydrogen-bond acceptors (Lipinski definition) is 2. The van der Waals surface area contributed by atoms with E-state index >= 15 is 0 Å². The van der Waals surface area contributed by atoms with Crippen molar-refractivity contribution in [1.82, 2.24) is 0 Å². The predicted octanol–water partition coefficient (Wildman–Crippen LogP) is 4.96. The molecule has 2 rings (SSSR count). The van der Waals surface area contributed by atoms with Gasteiger partial charge >= 0.3 is 6.36 Å². The number of anilines is 1. The van der Waals surface area contributed by atoms with Crippen LogP contribution in [0.1, 0.15) is 25.3 Å². The van der Waals surface area contributed by atoms with Gasteiger partial charge in [-0.1, -0.05) is 38.1 Å². The van der Waals surface area contributed by atoms with Gasteiger partial charge < -0.3 is 10.5 Å². The van der Waals surface area contributed by atoms with Crippen LogP contribution >= 0.6 is 0 Å². The Balaban J connectivity index is 2.51. The van der Waals surface area contributed by atoms with Crippen LogP contribution in [0, 0.1) is 0 Å². The van der Waals surface area contributed by atoms with Crippen LogP contribution in [0.5, 0.6) is 5.75 Å². The molecule has 0 amide bonds. The van der Waals surface area contributed by atoms with Crippen molar-refractivity contribution >= 4 is 5.69 Å². The third kappa shape index (κ3) is 3.90. The van der Waals surface area contributed by atoms with Crippen molar-refractivity contribution in [1.29, 1.82) is 0 Å². The van der Waals surface area contributed by atoms with Crippen LogP contribution in [-0.4, -0.2) is 6.36 Å². The Morgan fingerprint density at radius 3 is 2.38 bits per heavy atom. The van der Waals surface area contributed by atoms with Gasteiger partial charge in [-0.25, -0.2) is 0 Å². The third-order valence-electron chi connectivity index (χ3n) is 3.09. The number of benzene rings is 2. The summed E-state index contributed by atoms with van der Waals surface area (Å²) in [4.78, 5) is 0. The van der Waals surface area contributed by atoms with Gasteiger partial charge in [0, 0.05) is 11.3 Å². The van der Waals surface area contributed by atoms with Crippen molar-refractivity contribution < 1.29 is 17.9 Å². The van der Waals surface area contributed by atoms with Crippen molar-refractivity contribution in [3.8, 4) is 16.9 Å². The smallest absolute Gasteiger partial charge is 0.405 e. The molecule has 0 bridgehead atoms. The zero-order valence-corrected chi connectivity index (χ0v) is 11.7. The second-order valence-electron chi connectivity index (χ2n) is 5.08. The molecule has 2 aromatic rings. The maximum Gasteiger partial charge on any atom is 0.573 e. The molecular formula is C16H16F3NO. The summed E-state index contributed by atoms with van der Waals surface area (Å²) in [5.74, 6) is 0.0237. The number of halogens is 3. The van der Waals surface area contributed by atoms with E-state index in [0.717, 1.165) is 5.56 Å². The van der Waals surface area contributed by atoms with Crippen LogP contribution in [0.15, 0.2) is 42.5 Å². The van der Waals surface area contributed by atoms with Gasteiger partial charge in [0.05, 0.1) is 0 Å². The molecule has 5 heteroatoms. The van der Waals surface area contributed by atoms with Gasteiger partial charge in [0.15, 0.2) is 0 Å². The van der Waals surface area contributed by atoms with Crippen LogP contribution < -0.4 is 10.5 Å². The molecule has 0 aromatic heterocycles. The van der Waals surface area contributed by atoms with Crippen molar-refractivity contribution in [2.45, 2.75) is 26.1 Å². The maximum absolute atomic E-state index is 12.5. The highest BCUT2D eigenvalue weighted by molar-refractivity contribution is 5.74. The summed E-state index contributed by atoms with van der Waals surface area (Å²) in [6.07, 6.45) is -4.74. The summed E-state index contributed by atoms with van der Waals surface area (Å²) in [5, 5.41) is 0. The van der Waals surface area contributed by atoms with Gasteiger partial charge in [0.2, 0.25) is 0 Å². The van der Waals surface area contributed by atoms with Crippen molar-refractivity contribution in [3.63, 3.8) is 0 Å². The monoisotopic (exact) mass is 295 g/mol. The lowest BCUT2D eigenvalue weighted by Gasteiger charge is -2.15. The topological polar surface area (TPSA) is 35.2 Å². The minimum Gasteiger partial charge on any atom is -0.405 e. The number of nitrogen functional groups attached to an aromatic ring is 1. The molecule has 21 heavy (non-hydrogen) atoms. The molecule has 0 aliphatic carbocycles. The second-order valence-corrected chi connectivity index (χ2v) is 5.08. The number of nitrogens with two attached hydrogens (primary N) is 1. The van der Waals surface area contributed by atoms with Gasteiger partial charge in [-0.3, -0.25) is 0 Å². The van der Waals surface area contributed by atoms with Gasteiger partial charge in [-0.05, 0) is 35.2 Å². The molecule has 0 spiro atoms. The van der Waals surface area contributed by atoms with E-state index < -0.39 is 6.36 Å². The summed E-state index contributed by atoms with van der Waals surface area (Å²) in [6.45, 7) is 4.04. The minimum absolute atomic E-state index is 0.252. The first-order chi connectivity index (χ1) is 9.76. The Morgan fingerprint density at radius 1 is 1.05 bits per heavy atom. The van der Waals surface area contributed by atoms with E-state index in [2.05, 4.69) is 4.74 Å². The largest absolute Gasteiger partial charge is 0.573 e. The number of alkyl halides is 3. The molecule has 112 valence electrons. The fraction of sp³-hybridized carbons (Fsp3) is 0.250. The molecule has 0 atom stereocenters. The fourth-order valence-electron chi connectivity index (χ4n) is 2.05. The fourth-order valence-corrected chi connectivity index (χ4v) is 2.05. The van der Waals surface area contributed by atoms with E-state index in [0.29, 0.717) is 16.8 Å². The molecule has 2 aromatic carbocycles. The highest BCUT2D eigenvalue weighted by atomic mass is 19.4. The van der Waals surface area contributed by atoms with Crippen LogP contribution in [-0.2, 0) is 0 Å². The first-order valence-electron chi connectivity index (χ1n) is 6.52. The summed E-state index contributed by atoms with van der Waals surface area (Å²) < 4.78 is 41.6. The van der Waals surface area contributed by atoms with Gasteiger partial charge in [0.25, 0.3) is 0 Å². The Kier molecular flexibility index (Phi) is 4.11. The Hall–Kier alpha value is -2.17. The first-order valence-corrected chi connectivity index (χ1v) is 6.52. The van der Waals surface area contributed by atoms with E-state index in [1.807, 2.05) is 32.0 Å². The molecule has 2 N–H and O–H groups in total. The zero-order valence-electron chi connectivity index (χ0n) is 11.7. The van der Waals surface area contributed by atoms with Crippen LogP contribution in [0.2, 0.25) is 0 Å².